The molecule has 14 heteroatoms. The third kappa shape index (κ3) is 569. The summed E-state index contributed by atoms with van der Waals surface area (Å²) in [5.74, 6) is 0. The van der Waals surface area contributed by atoms with Crippen LogP contribution in [0.15, 0.2) is 0 Å². The third-order valence-electron chi connectivity index (χ3n) is 0. The topological polar surface area (TPSA) is 208 Å². The summed E-state index contributed by atoms with van der Waals surface area (Å²) >= 11 is 0. The van der Waals surface area contributed by atoms with Gasteiger partial charge in [0.25, 0.3) is 0 Å². The Balaban J connectivity index is -0.0000000178. The maximum Gasteiger partial charge on any atom is 2.00 e. The Morgan fingerprint density at radius 3 is 0.571 bits per heavy atom. The van der Waals surface area contributed by atoms with E-state index >= 15 is 0 Å². The molecule has 0 heterocycles. The molecule has 3 N–H and O–H groups in total. The number of hydrogen-bond donors (Lipinski definition) is 1. The predicted molar refractivity (Wildman–Crippen MR) is 20.2 cm³/mol. The summed E-state index contributed by atoms with van der Waals surface area (Å²) in [6, 6.07) is 0. The molecule has 14 heavy (non-hydrogen) atoms. The molecule has 0 aromatic rings. The van der Waals surface area contributed by atoms with E-state index in [0.29, 0.717) is 0 Å². The molecule has 0 saturated carbocycles. The summed E-state index contributed by atoms with van der Waals surface area (Å²) in [6.45, 7) is 0. The van der Waals surface area contributed by atoms with Crippen LogP contribution < -0.4 is 35.5 Å². The van der Waals surface area contributed by atoms with E-state index in [0.717, 1.165) is 0 Å². The Bertz CT molecular complexity index is 135. The predicted octanol–water partition coefficient (Wildman–Crippen LogP) is -5.49. The van der Waals surface area contributed by atoms with E-state index in [9.17, 15) is 0 Å². The molecule has 0 bridgehead atoms. The van der Waals surface area contributed by atoms with Crippen molar-refractivity contribution in [3.05, 3.63) is 0 Å². The van der Waals surface area contributed by atoms with Crippen molar-refractivity contribution in [3.63, 3.8) is 0 Å². The van der Waals surface area contributed by atoms with Gasteiger partial charge in [0.15, 0.2) is 0 Å². The van der Waals surface area contributed by atoms with E-state index in [2.05, 4.69) is 0 Å². The molecule has 0 radical (unpaired) electrons. The minimum atomic E-state index is -5.39. The molecule has 0 aromatic carbocycles. The van der Waals surface area contributed by atoms with Gasteiger partial charge in [0.1, 0.15) is 0 Å². The molecule has 9 nitrogen and oxygen atoms in total. The van der Waals surface area contributed by atoms with Gasteiger partial charge in [0.05, 0.1) is 0 Å². The molecule has 0 aliphatic heterocycles. The van der Waals surface area contributed by atoms with E-state index < -0.39 is 15.6 Å². The van der Waals surface area contributed by atoms with Crippen LogP contribution in [-0.2, 0) is 67.6 Å². The second kappa shape index (κ2) is 15.1. The SMILES string of the molecule is N.O=P([O-])([O-])[O-].O=P([O-])([O-])[O-].[Zn+2].[Zn+2].[Zn+2]. The Kier molecular flexibility index (Phi) is 38.7. The average molecular weight is 403 g/mol. The Labute approximate surface area is 118 Å². The maximum atomic E-state index is 8.55. The minimum Gasteiger partial charge on any atom is -0.822 e. The van der Waals surface area contributed by atoms with Crippen molar-refractivity contribution < 1.29 is 96.9 Å². The Hall–Kier alpha value is 2.05. The van der Waals surface area contributed by atoms with Crippen LogP contribution in [0.5, 0.6) is 0 Å². The average Bonchev–Trinajstić information content (AvgIpc) is 1.12. The van der Waals surface area contributed by atoms with E-state index in [4.69, 9.17) is 38.5 Å². The molecule has 0 unspecified atom stereocenters. The summed E-state index contributed by atoms with van der Waals surface area (Å²) in [5.41, 5.74) is 0. The first-order chi connectivity index (χ1) is 4.00. The minimum absolute atomic E-state index is 0. The van der Waals surface area contributed by atoms with E-state index in [-0.39, 0.29) is 64.6 Å². The van der Waals surface area contributed by atoms with Crippen LogP contribution in [0.1, 0.15) is 0 Å². The zero-order valence-corrected chi connectivity index (χ0v) is 17.7. The third-order valence-corrected chi connectivity index (χ3v) is 0. The second-order valence-electron chi connectivity index (χ2n) is 0.894. The molecule has 0 rings (SSSR count). The molecule has 0 amide bonds. The van der Waals surface area contributed by atoms with Crippen molar-refractivity contribution in [1.82, 2.24) is 6.15 Å². The molecule has 0 saturated heterocycles. The van der Waals surface area contributed by atoms with Gasteiger partial charge < -0.3 is 44.6 Å². The van der Waals surface area contributed by atoms with Gasteiger partial charge >= 0.3 is 58.4 Å². The van der Waals surface area contributed by atoms with Gasteiger partial charge in [-0.05, 0) is 0 Å². The summed E-state index contributed by atoms with van der Waals surface area (Å²) in [4.78, 5) is 51.3. The van der Waals surface area contributed by atoms with Crippen molar-refractivity contribution in [2.45, 2.75) is 0 Å². The quantitative estimate of drug-likeness (QED) is 0.302. The largest absolute Gasteiger partial charge is 2.00 e. The maximum absolute atomic E-state index is 8.55. The van der Waals surface area contributed by atoms with Crippen molar-refractivity contribution >= 4 is 15.6 Å². The van der Waals surface area contributed by atoms with Gasteiger partial charge in [-0.15, -0.1) is 0 Å². The molecule has 0 aliphatic rings. The zero-order valence-electron chi connectivity index (χ0n) is 6.99. The van der Waals surface area contributed by atoms with Crippen LogP contribution in [0.4, 0.5) is 0 Å². The van der Waals surface area contributed by atoms with Gasteiger partial charge in [-0.3, -0.25) is 0 Å². The number of hydrogen-bond acceptors (Lipinski definition) is 9. The standard InChI is InChI=1S/H3N.2H3O4P.3Zn/c;2*1-5(2,3)4;;;/h1H3;2*(H3,1,2,3,4);;;/q;;;3*+2/p-6. The fraction of sp³-hybridized carbons (Fsp3) is 0. The summed E-state index contributed by atoms with van der Waals surface area (Å²) in [6.07, 6.45) is 0. The summed E-state index contributed by atoms with van der Waals surface area (Å²) in [5, 5.41) is 0. The first kappa shape index (κ1) is 36.0. The molecule has 0 aliphatic carbocycles. The van der Waals surface area contributed by atoms with Crippen LogP contribution in [-0.4, -0.2) is 0 Å². The van der Waals surface area contributed by atoms with E-state index in [1.165, 1.54) is 0 Å². The van der Waals surface area contributed by atoms with Crippen LogP contribution in [0.25, 0.3) is 0 Å². The molecule has 0 spiro atoms. The number of rotatable bonds is 0. The summed E-state index contributed by atoms with van der Waals surface area (Å²) in [7, 11) is -10.8. The molecule has 0 aromatic heterocycles. The molecular formula is H3NO8P2Zn3. The Morgan fingerprint density at radius 2 is 0.571 bits per heavy atom. The van der Waals surface area contributed by atoms with Crippen molar-refractivity contribution in [3.8, 4) is 0 Å². The van der Waals surface area contributed by atoms with Crippen LogP contribution in [0.2, 0.25) is 0 Å². The van der Waals surface area contributed by atoms with Gasteiger partial charge in [-0.1, -0.05) is 0 Å². The second-order valence-corrected chi connectivity index (χ2v) is 2.68. The van der Waals surface area contributed by atoms with E-state index in [1.807, 2.05) is 0 Å². The van der Waals surface area contributed by atoms with Crippen LogP contribution in [0.3, 0.4) is 0 Å². The molecule has 0 fully saturated rings. The normalized spacial score (nSPS) is 8.43. The fourth-order valence-corrected chi connectivity index (χ4v) is 0. The van der Waals surface area contributed by atoms with Gasteiger partial charge in [-0.25, -0.2) is 0 Å². The van der Waals surface area contributed by atoms with Crippen molar-refractivity contribution in [2.24, 2.45) is 0 Å². The molecule has 72 valence electrons. The van der Waals surface area contributed by atoms with Gasteiger partial charge in [0.2, 0.25) is 0 Å². The van der Waals surface area contributed by atoms with Crippen LogP contribution >= 0.6 is 15.6 Å². The van der Waals surface area contributed by atoms with Crippen molar-refractivity contribution in [1.29, 1.82) is 0 Å². The smallest absolute Gasteiger partial charge is 0.822 e. The Morgan fingerprint density at radius 1 is 0.571 bits per heavy atom. The molecule has 0 atom stereocenters. The zero-order chi connectivity index (χ0) is 9.00. The first-order valence-electron chi connectivity index (χ1n) is 1.46. The van der Waals surface area contributed by atoms with Gasteiger partial charge in [-0.2, -0.15) is 15.6 Å². The number of phosphoric acid groups is 2. The fourth-order valence-electron chi connectivity index (χ4n) is 0. The summed E-state index contributed by atoms with van der Waals surface area (Å²) < 4.78 is 17.1. The van der Waals surface area contributed by atoms with Gasteiger partial charge in [0, 0.05) is 0 Å². The first-order valence-corrected chi connectivity index (χ1v) is 4.38. The van der Waals surface area contributed by atoms with Crippen LogP contribution in [0, 0.1) is 0 Å². The van der Waals surface area contributed by atoms with Crippen molar-refractivity contribution in [2.75, 3.05) is 0 Å². The molecular weight excluding hydrogens is 400 g/mol. The van der Waals surface area contributed by atoms with E-state index in [1.54, 1.807) is 0 Å². The monoisotopic (exact) mass is 399 g/mol.